The number of rotatable bonds is 1. The van der Waals surface area contributed by atoms with Gasteiger partial charge < -0.3 is 14.4 Å². The van der Waals surface area contributed by atoms with Gasteiger partial charge in [0, 0.05) is 12.6 Å². The summed E-state index contributed by atoms with van der Waals surface area (Å²) in [6.45, 7) is 8.59. The minimum absolute atomic E-state index is 0.169. The third kappa shape index (κ3) is 6.52. The van der Waals surface area contributed by atoms with E-state index >= 15 is 0 Å². The summed E-state index contributed by atoms with van der Waals surface area (Å²) < 4.78 is 10.2. The van der Waals surface area contributed by atoms with Crippen LogP contribution in [0, 0.1) is 0 Å². The quantitative estimate of drug-likeness (QED) is 0.782. The van der Waals surface area contributed by atoms with Crippen molar-refractivity contribution in [1.82, 2.24) is 4.90 Å². The molecule has 1 fully saturated rings. The lowest BCUT2D eigenvalue weighted by molar-refractivity contribution is 0.0239. The first kappa shape index (κ1) is 17.3. The molecule has 0 radical (unpaired) electrons. The summed E-state index contributed by atoms with van der Waals surface area (Å²) in [4.78, 5) is 13.4. The first-order chi connectivity index (χ1) is 9.83. The molecule has 0 spiro atoms. The topological polar surface area (TPSA) is 38.8 Å². The Morgan fingerprint density at radius 1 is 1.24 bits per heavy atom. The average molecular weight is 293 g/mol. The Bertz CT molecular complexity index is 425. The van der Waals surface area contributed by atoms with Gasteiger partial charge in [0.05, 0.1) is 7.11 Å². The summed E-state index contributed by atoms with van der Waals surface area (Å²) in [7, 11) is 1.66. The Hall–Kier alpha value is -1.71. The normalized spacial score (nSPS) is 17.8. The van der Waals surface area contributed by atoms with Gasteiger partial charge in [-0.25, -0.2) is 4.79 Å². The van der Waals surface area contributed by atoms with E-state index < -0.39 is 0 Å². The van der Waals surface area contributed by atoms with Gasteiger partial charge in [-0.05, 0) is 52.7 Å². The fourth-order valence-corrected chi connectivity index (χ4v) is 2.08. The zero-order valence-corrected chi connectivity index (χ0v) is 13.8. The van der Waals surface area contributed by atoms with Crippen LogP contribution in [-0.2, 0) is 4.74 Å². The van der Waals surface area contributed by atoms with Gasteiger partial charge in [0.2, 0.25) is 0 Å². The minimum Gasteiger partial charge on any atom is -0.497 e. The Labute approximate surface area is 128 Å². The third-order valence-electron chi connectivity index (χ3n) is 3.16. The molecule has 21 heavy (non-hydrogen) atoms. The van der Waals surface area contributed by atoms with E-state index in [0.717, 1.165) is 25.1 Å². The summed E-state index contributed by atoms with van der Waals surface area (Å²) in [5.74, 6) is 0.910. The molecule has 1 aromatic carbocycles. The van der Waals surface area contributed by atoms with Crippen molar-refractivity contribution in [3.05, 3.63) is 30.3 Å². The van der Waals surface area contributed by atoms with E-state index in [0.29, 0.717) is 6.04 Å². The SMILES string of the molecule is CC1CCCN1C(=O)OC(C)(C)C.COc1ccccc1. The van der Waals surface area contributed by atoms with Crippen molar-refractivity contribution in [3.8, 4) is 5.75 Å². The molecule has 0 bridgehead atoms. The molecule has 1 amide bonds. The molecule has 0 aliphatic carbocycles. The molecule has 118 valence electrons. The van der Waals surface area contributed by atoms with E-state index in [1.165, 1.54) is 0 Å². The van der Waals surface area contributed by atoms with Crippen molar-refractivity contribution in [2.45, 2.75) is 52.2 Å². The first-order valence-corrected chi connectivity index (χ1v) is 7.42. The Morgan fingerprint density at radius 3 is 2.24 bits per heavy atom. The van der Waals surface area contributed by atoms with E-state index in [1.54, 1.807) is 7.11 Å². The second kappa shape index (κ2) is 7.91. The van der Waals surface area contributed by atoms with Crippen LogP contribution in [0.1, 0.15) is 40.5 Å². The monoisotopic (exact) mass is 293 g/mol. The van der Waals surface area contributed by atoms with E-state index in [4.69, 9.17) is 9.47 Å². The van der Waals surface area contributed by atoms with Crippen LogP contribution in [0.3, 0.4) is 0 Å². The van der Waals surface area contributed by atoms with Crippen molar-refractivity contribution < 1.29 is 14.3 Å². The highest BCUT2D eigenvalue weighted by molar-refractivity contribution is 5.68. The predicted molar refractivity (Wildman–Crippen MR) is 84.6 cm³/mol. The van der Waals surface area contributed by atoms with Crippen LogP contribution in [0.4, 0.5) is 4.79 Å². The smallest absolute Gasteiger partial charge is 0.410 e. The van der Waals surface area contributed by atoms with Crippen LogP contribution < -0.4 is 4.74 Å². The van der Waals surface area contributed by atoms with Gasteiger partial charge in [0.15, 0.2) is 0 Å². The van der Waals surface area contributed by atoms with E-state index in [-0.39, 0.29) is 11.7 Å². The molecule has 0 N–H and O–H groups in total. The molecule has 1 heterocycles. The molecular formula is C17H27NO3. The van der Waals surface area contributed by atoms with Gasteiger partial charge in [-0.2, -0.15) is 0 Å². The maximum Gasteiger partial charge on any atom is 0.410 e. The number of ether oxygens (including phenoxy) is 2. The summed E-state index contributed by atoms with van der Waals surface area (Å²) in [6, 6.07) is 10.0. The van der Waals surface area contributed by atoms with Crippen molar-refractivity contribution in [2.24, 2.45) is 0 Å². The maximum absolute atomic E-state index is 11.6. The lowest BCUT2D eigenvalue weighted by Gasteiger charge is -2.26. The minimum atomic E-state index is -0.376. The maximum atomic E-state index is 11.6. The highest BCUT2D eigenvalue weighted by Crippen LogP contribution is 2.19. The van der Waals surface area contributed by atoms with Crippen LogP contribution in [0.2, 0.25) is 0 Å². The zero-order valence-electron chi connectivity index (χ0n) is 13.8. The third-order valence-corrected chi connectivity index (χ3v) is 3.16. The molecular weight excluding hydrogens is 266 g/mol. The number of para-hydroxylation sites is 1. The Morgan fingerprint density at radius 2 is 1.86 bits per heavy atom. The fourth-order valence-electron chi connectivity index (χ4n) is 2.08. The first-order valence-electron chi connectivity index (χ1n) is 7.42. The Balaban J connectivity index is 0.000000235. The van der Waals surface area contributed by atoms with Crippen molar-refractivity contribution in [2.75, 3.05) is 13.7 Å². The van der Waals surface area contributed by atoms with Gasteiger partial charge in [0.1, 0.15) is 11.4 Å². The number of hydrogen-bond acceptors (Lipinski definition) is 3. The number of hydrogen-bond donors (Lipinski definition) is 0. The van der Waals surface area contributed by atoms with Crippen LogP contribution >= 0.6 is 0 Å². The number of carbonyl (C=O) groups excluding carboxylic acids is 1. The molecule has 4 heteroatoms. The van der Waals surface area contributed by atoms with E-state index in [2.05, 4.69) is 6.92 Å². The molecule has 1 aliphatic rings. The lowest BCUT2D eigenvalue weighted by Crippen LogP contribution is -2.38. The summed E-state index contributed by atoms with van der Waals surface area (Å²) >= 11 is 0. The molecule has 0 aromatic heterocycles. The van der Waals surface area contributed by atoms with Crippen molar-refractivity contribution >= 4 is 6.09 Å². The molecule has 1 saturated heterocycles. The highest BCUT2D eigenvalue weighted by atomic mass is 16.6. The van der Waals surface area contributed by atoms with Gasteiger partial charge >= 0.3 is 6.09 Å². The molecule has 1 aromatic rings. The summed E-state index contributed by atoms with van der Waals surface area (Å²) in [5.41, 5.74) is -0.376. The number of carbonyl (C=O) groups is 1. The molecule has 0 saturated carbocycles. The largest absolute Gasteiger partial charge is 0.497 e. The van der Waals surface area contributed by atoms with E-state index in [9.17, 15) is 4.79 Å². The second-order valence-corrected chi connectivity index (χ2v) is 6.18. The number of likely N-dealkylation sites (tertiary alicyclic amines) is 1. The number of methoxy groups -OCH3 is 1. The Kier molecular flexibility index (Phi) is 6.53. The van der Waals surface area contributed by atoms with Crippen LogP contribution in [0.15, 0.2) is 30.3 Å². The second-order valence-electron chi connectivity index (χ2n) is 6.18. The van der Waals surface area contributed by atoms with Crippen molar-refractivity contribution in [1.29, 1.82) is 0 Å². The van der Waals surface area contributed by atoms with Crippen molar-refractivity contribution in [3.63, 3.8) is 0 Å². The standard InChI is InChI=1S/C10H19NO2.C7H8O/c1-8-6-5-7-11(8)9(12)13-10(2,3)4;1-8-7-5-3-2-4-6-7/h8H,5-7H2,1-4H3;2-6H,1H3. The number of nitrogens with zero attached hydrogens (tertiary/aromatic N) is 1. The van der Waals surface area contributed by atoms with Crippen LogP contribution in [0.5, 0.6) is 5.75 Å². The lowest BCUT2D eigenvalue weighted by atomic mass is 10.2. The highest BCUT2D eigenvalue weighted by Gasteiger charge is 2.28. The number of amides is 1. The van der Waals surface area contributed by atoms with Gasteiger partial charge in [-0.3, -0.25) is 0 Å². The van der Waals surface area contributed by atoms with E-state index in [1.807, 2.05) is 56.0 Å². The molecule has 2 rings (SSSR count). The fraction of sp³-hybridized carbons (Fsp3) is 0.588. The van der Waals surface area contributed by atoms with Gasteiger partial charge in [0.25, 0.3) is 0 Å². The molecule has 1 atom stereocenters. The molecule has 1 unspecified atom stereocenters. The summed E-state index contributed by atoms with van der Waals surface area (Å²) in [5, 5.41) is 0. The number of benzene rings is 1. The van der Waals surface area contributed by atoms with Crippen LogP contribution in [0.25, 0.3) is 0 Å². The van der Waals surface area contributed by atoms with Gasteiger partial charge in [-0.15, -0.1) is 0 Å². The summed E-state index contributed by atoms with van der Waals surface area (Å²) in [6.07, 6.45) is 2.03. The average Bonchev–Trinajstić information content (AvgIpc) is 2.85. The van der Waals surface area contributed by atoms with Crippen LogP contribution in [-0.4, -0.2) is 36.3 Å². The zero-order chi connectivity index (χ0) is 15.9. The molecule has 1 aliphatic heterocycles. The molecule has 4 nitrogen and oxygen atoms in total. The predicted octanol–water partition coefficient (Wildman–Crippen LogP) is 4.10. The van der Waals surface area contributed by atoms with Gasteiger partial charge in [-0.1, -0.05) is 18.2 Å².